The van der Waals surface area contributed by atoms with Crippen molar-refractivity contribution in [1.29, 1.82) is 0 Å². The molecule has 1 amide bonds. The molecule has 224 valence electrons. The standard InChI is InChI=1S/C35H39N3O5/c1-5-34(39)36-20-27-17-33(42-37-27)30-21-38(6-2)43-35(30)29-18-28(24(3)4)31(40-22-25-13-9-7-10-14-25)19-32(29)41-23-26-15-11-8-12-16-26/h7-19,24H,5-6,20-23H2,1-4H3,(H,36,39). The quantitative estimate of drug-likeness (QED) is 0.180. The average molecular weight is 582 g/mol. The van der Waals surface area contributed by atoms with Crippen LogP contribution in [-0.4, -0.2) is 29.2 Å². The van der Waals surface area contributed by atoms with Crippen LogP contribution in [0.1, 0.15) is 73.7 Å². The molecule has 0 bridgehead atoms. The van der Waals surface area contributed by atoms with Crippen LogP contribution in [-0.2, 0) is 29.4 Å². The number of ether oxygens (including phenoxy) is 2. The van der Waals surface area contributed by atoms with Crippen LogP contribution in [0.4, 0.5) is 0 Å². The molecule has 1 aromatic heterocycles. The number of rotatable bonds is 13. The third-order valence-corrected chi connectivity index (χ3v) is 7.28. The summed E-state index contributed by atoms with van der Waals surface area (Å²) in [6.45, 7) is 10.5. The molecule has 0 fully saturated rings. The summed E-state index contributed by atoms with van der Waals surface area (Å²) < 4.78 is 18.7. The summed E-state index contributed by atoms with van der Waals surface area (Å²) >= 11 is 0. The van der Waals surface area contributed by atoms with E-state index in [9.17, 15) is 4.79 Å². The Bertz CT molecular complexity index is 1550. The highest BCUT2D eigenvalue weighted by Gasteiger charge is 2.31. The van der Waals surface area contributed by atoms with E-state index in [1.165, 1.54) is 0 Å². The summed E-state index contributed by atoms with van der Waals surface area (Å²) in [5, 5.41) is 8.94. The number of carbonyl (C=O) groups is 1. The summed E-state index contributed by atoms with van der Waals surface area (Å²) in [4.78, 5) is 18.2. The highest BCUT2D eigenvalue weighted by molar-refractivity contribution is 5.90. The highest BCUT2D eigenvalue weighted by Crippen LogP contribution is 2.43. The molecule has 8 nitrogen and oxygen atoms in total. The van der Waals surface area contributed by atoms with Crippen LogP contribution in [0.15, 0.2) is 83.4 Å². The highest BCUT2D eigenvalue weighted by atomic mass is 16.7. The number of hydrogen-bond donors (Lipinski definition) is 1. The summed E-state index contributed by atoms with van der Waals surface area (Å²) in [7, 11) is 0. The molecular formula is C35H39N3O5. The minimum Gasteiger partial charge on any atom is -0.488 e. The van der Waals surface area contributed by atoms with Crippen molar-refractivity contribution in [2.24, 2.45) is 0 Å². The van der Waals surface area contributed by atoms with E-state index in [1.54, 1.807) is 0 Å². The molecule has 43 heavy (non-hydrogen) atoms. The Kier molecular flexibility index (Phi) is 9.79. The lowest BCUT2D eigenvalue weighted by Gasteiger charge is -2.21. The normalized spacial score (nSPS) is 13.3. The first-order valence-corrected chi connectivity index (χ1v) is 14.9. The Labute approximate surface area is 253 Å². The minimum atomic E-state index is -0.0400. The number of aromatic nitrogens is 1. The Morgan fingerprint density at radius 2 is 1.58 bits per heavy atom. The number of hydroxylamine groups is 2. The third kappa shape index (κ3) is 7.45. The molecule has 5 rings (SSSR count). The van der Waals surface area contributed by atoms with E-state index in [1.807, 2.05) is 79.6 Å². The number of likely N-dealkylation sites (N-methyl/N-ethyl adjacent to an activating group) is 1. The molecule has 0 saturated heterocycles. The van der Waals surface area contributed by atoms with Gasteiger partial charge in [-0.3, -0.25) is 4.79 Å². The van der Waals surface area contributed by atoms with Gasteiger partial charge in [0.25, 0.3) is 0 Å². The molecule has 1 aliphatic heterocycles. The Balaban J connectivity index is 1.55. The second-order valence-electron chi connectivity index (χ2n) is 10.8. The Morgan fingerprint density at radius 1 is 0.930 bits per heavy atom. The smallest absolute Gasteiger partial charge is 0.220 e. The zero-order chi connectivity index (χ0) is 30.2. The Morgan fingerprint density at radius 3 is 2.19 bits per heavy atom. The molecule has 0 atom stereocenters. The van der Waals surface area contributed by atoms with Crippen molar-refractivity contribution < 1.29 is 23.6 Å². The van der Waals surface area contributed by atoms with Gasteiger partial charge in [-0.05, 0) is 35.6 Å². The summed E-state index contributed by atoms with van der Waals surface area (Å²) in [5.41, 5.74) is 5.51. The van der Waals surface area contributed by atoms with Gasteiger partial charge in [0.2, 0.25) is 5.91 Å². The van der Waals surface area contributed by atoms with Gasteiger partial charge in [-0.1, -0.05) is 86.6 Å². The SMILES string of the molecule is CCC(=O)NCc1cc(C2=C(c3cc(C(C)C)c(OCc4ccccc4)cc3OCc3ccccc3)ON(CC)C2)on1. The largest absolute Gasteiger partial charge is 0.488 e. The van der Waals surface area contributed by atoms with E-state index >= 15 is 0 Å². The van der Waals surface area contributed by atoms with Gasteiger partial charge in [-0.2, -0.15) is 0 Å². The van der Waals surface area contributed by atoms with Crippen LogP contribution in [0.2, 0.25) is 0 Å². The van der Waals surface area contributed by atoms with Crippen molar-refractivity contribution in [3.8, 4) is 11.5 Å². The molecule has 0 spiro atoms. The summed E-state index contributed by atoms with van der Waals surface area (Å²) in [6.07, 6.45) is 0.411. The summed E-state index contributed by atoms with van der Waals surface area (Å²) in [6, 6.07) is 26.1. The van der Waals surface area contributed by atoms with Crippen molar-refractivity contribution >= 4 is 17.2 Å². The first-order chi connectivity index (χ1) is 20.9. The maximum Gasteiger partial charge on any atom is 0.220 e. The summed E-state index contributed by atoms with van der Waals surface area (Å²) in [5.74, 6) is 2.81. The van der Waals surface area contributed by atoms with Crippen LogP contribution in [0.5, 0.6) is 11.5 Å². The predicted molar refractivity (Wildman–Crippen MR) is 166 cm³/mol. The molecule has 0 aliphatic carbocycles. The monoisotopic (exact) mass is 581 g/mol. The van der Waals surface area contributed by atoms with Gasteiger partial charge in [0.15, 0.2) is 11.5 Å². The van der Waals surface area contributed by atoms with Crippen molar-refractivity contribution in [3.05, 3.63) is 113 Å². The zero-order valence-corrected chi connectivity index (χ0v) is 25.3. The lowest BCUT2D eigenvalue weighted by atomic mass is 9.96. The van der Waals surface area contributed by atoms with Gasteiger partial charge >= 0.3 is 0 Å². The van der Waals surface area contributed by atoms with E-state index in [-0.39, 0.29) is 11.8 Å². The second-order valence-corrected chi connectivity index (χ2v) is 10.8. The first kappa shape index (κ1) is 29.9. The molecule has 3 aromatic carbocycles. The van der Waals surface area contributed by atoms with Gasteiger partial charge in [-0.25, -0.2) is 0 Å². The average Bonchev–Trinajstić information content (AvgIpc) is 3.69. The number of amides is 1. The van der Waals surface area contributed by atoms with E-state index in [0.29, 0.717) is 62.2 Å². The molecule has 2 heterocycles. The van der Waals surface area contributed by atoms with E-state index in [2.05, 4.69) is 42.5 Å². The van der Waals surface area contributed by atoms with Crippen LogP contribution >= 0.6 is 0 Å². The second kappa shape index (κ2) is 14.1. The van der Waals surface area contributed by atoms with Gasteiger partial charge < -0.3 is 24.2 Å². The van der Waals surface area contributed by atoms with Gasteiger partial charge in [0.05, 0.1) is 24.2 Å². The van der Waals surface area contributed by atoms with Gasteiger partial charge in [-0.15, -0.1) is 5.06 Å². The molecule has 0 saturated carbocycles. The maximum atomic E-state index is 11.8. The number of nitrogens with zero attached hydrogens (tertiary/aromatic N) is 2. The van der Waals surface area contributed by atoms with Gasteiger partial charge in [0, 0.05) is 25.1 Å². The van der Waals surface area contributed by atoms with Crippen LogP contribution < -0.4 is 14.8 Å². The zero-order valence-electron chi connectivity index (χ0n) is 25.3. The number of benzene rings is 3. The number of hydrogen-bond acceptors (Lipinski definition) is 7. The minimum absolute atomic E-state index is 0.0400. The molecule has 1 N–H and O–H groups in total. The topological polar surface area (TPSA) is 86.1 Å². The van der Waals surface area contributed by atoms with E-state index < -0.39 is 0 Å². The predicted octanol–water partition coefficient (Wildman–Crippen LogP) is 7.12. The third-order valence-electron chi connectivity index (χ3n) is 7.28. The molecular weight excluding hydrogens is 542 g/mol. The van der Waals surface area contributed by atoms with Crippen molar-refractivity contribution in [3.63, 3.8) is 0 Å². The van der Waals surface area contributed by atoms with Crippen molar-refractivity contribution in [1.82, 2.24) is 15.5 Å². The fourth-order valence-electron chi connectivity index (χ4n) is 4.82. The lowest BCUT2D eigenvalue weighted by Crippen LogP contribution is -2.21. The van der Waals surface area contributed by atoms with Gasteiger partial charge in [0.1, 0.15) is 30.4 Å². The maximum absolute atomic E-state index is 11.8. The molecule has 0 radical (unpaired) electrons. The van der Waals surface area contributed by atoms with E-state index in [0.717, 1.165) is 33.6 Å². The number of nitrogens with one attached hydrogen (secondary N) is 1. The van der Waals surface area contributed by atoms with E-state index in [4.69, 9.17) is 18.8 Å². The van der Waals surface area contributed by atoms with Crippen LogP contribution in [0.25, 0.3) is 11.3 Å². The van der Waals surface area contributed by atoms with Crippen molar-refractivity contribution in [2.75, 3.05) is 13.1 Å². The lowest BCUT2D eigenvalue weighted by molar-refractivity contribution is -0.120. The van der Waals surface area contributed by atoms with Crippen LogP contribution in [0, 0.1) is 0 Å². The fraction of sp³-hybridized carbons (Fsp3) is 0.314. The fourth-order valence-corrected chi connectivity index (χ4v) is 4.82. The molecule has 1 aliphatic rings. The molecule has 8 heteroatoms. The number of carbonyl (C=O) groups excluding carboxylic acids is 1. The van der Waals surface area contributed by atoms with Crippen molar-refractivity contribution in [2.45, 2.75) is 59.8 Å². The first-order valence-electron chi connectivity index (χ1n) is 14.9. The van der Waals surface area contributed by atoms with Crippen LogP contribution in [0.3, 0.4) is 0 Å². The molecule has 4 aromatic rings. The molecule has 0 unspecified atom stereocenters. The Hall–Kier alpha value is -4.56.